The Bertz CT molecular complexity index is 717. The number of aryl methyl sites for hydroxylation is 1. The number of hydrogen-bond acceptors (Lipinski definition) is 6. The smallest absolute Gasteiger partial charge is 0.177 e. The summed E-state index contributed by atoms with van der Waals surface area (Å²) in [4.78, 5) is 0. The number of hydrogen-bond donors (Lipinski definition) is 3. The van der Waals surface area contributed by atoms with Crippen molar-refractivity contribution in [1.82, 2.24) is 25.9 Å². The van der Waals surface area contributed by atoms with Gasteiger partial charge in [0.05, 0.1) is 19.2 Å². The van der Waals surface area contributed by atoms with E-state index in [1.54, 1.807) is 11.8 Å². The Labute approximate surface area is 127 Å². The van der Waals surface area contributed by atoms with Crippen LogP contribution in [0.1, 0.15) is 11.1 Å². The first-order valence-electron chi connectivity index (χ1n) is 6.42. The van der Waals surface area contributed by atoms with E-state index in [1.165, 1.54) is 0 Å². The predicted molar refractivity (Wildman–Crippen MR) is 81.9 cm³/mol. The number of benzene rings is 1. The molecule has 1 aromatic carbocycles. The second-order valence-electron chi connectivity index (χ2n) is 4.64. The highest BCUT2D eigenvalue weighted by molar-refractivity contribution is 7.71. The number of hydrazone groups is 1. The molecule has 1 aromatic heterocycles. The number of rotatable bonds is 4. The van der Waals surface area contributed by atoms with Gasteiger partial charge in [0.25, 0.3) is 0 Å². The van der Waals surface area contributed by atoms with Gasteiger partial charge in [0.1, 0.15) is 10.4 Å². The van der Waals surface area contributed by atoms with Gasteiger partial charge in [-0.05, 0) is 17.7 Å². The molecule has 0 radical (unpaired) electrons. The molecule has 0 saturated carbocycles. The molecule has 0 unspecified atom stereocenters. The molecule has 0 fully saturated rings. The third kappa shape index (κ3) is 2.63. The summed E-state index contributed by atoms with van der Waals surface area (Å²) in [5, 5.41) is 9.20. The van der Waals surface area contributed by atoms with Gasteiger partial charge in [-0.2, -0.15) is 0 Å². The number of aromatic amines is 1. The maximum absolute atomic E-state index is 5.37. The zero-order valence-corrected chi connectivity index (χ0v) is 12.6. The van der Waals surface area contributed by atoms with Gasteiger partial charge in [0, 0.05) is 13.2 Å². The van der Waals surface area contributed by atoms with Crippen LogP contribution in [-0.2, 0) is 13.6 Å². The molecule has 0 aliphatic carbocycles. The molecule has 0 saturated heterocycles. The minimum Gasteiger partial charge on any atom is -0.497 e. The van der Waals surface area contributed by atoms with Crippen molar-refractivity contribution in [2.45, 2.75) is 6.54 Å². The van der Waals surface area contributed by atoms with Crippen LogP contribution >= 0.6 is 12.2 Å². The van der Waals surface area contributed by atoms with Gasteiger partial charge in [-0.3, -0.25) is 9.69 Å². The Balaban J connectivity index is 1.80. The lowest BCUT2D eigenvalue weighted by Gasteiger charge is -2.18. The molecule has 1 aliphatic heterocycles. The fourth-order valence-electron chi connectivity index (χ4n) is 2.11. The quantitative estimate of drug-likeness (QED) is 0.742. The molecular formula is C13H16N6OS. The summed E-state index contributed by atoms with van der Waals surface area (Å²) in [5.41, 5.74) is 7.77. The van der Waals surface area contributed by atoms with Gasteiger partial charge in [-0.25, -0.2) is 5.53 Å². The topological polar surface area (TPSA) is 69.6 Å². The largest absolute Gasteiger partial charge is 0.497 e. The first kappa shape index (κ1) is 13.7. The van der Waals surface area contributed by atoms with Crippen molar-refractivity contribution in [3.63, 3.8) is 0 Å². The van der Waals surface area contributed by atoms with Crippen molar-refractivity contribution in [3.05, 3.63) is 46.2 Å². The van der Waals surface area contributed by atoms with Crippen LogP contribution in [0.4, 0.5) is 0 Å². The third-order valence-corrected chi connectivity index (χ3v) is 3.77. The third-order valence-electron chi connectivity index (χ3n) is 3.28. The number of amidine groups is 1. The molecule has 0 spiro atoms. The van der Waals surface area contributed by atoms with Gasteiger partial charge >= 0.3 is 0 Å². The second-order valence-corrected chi connectivity index (χ2v) is 5.03. The highest BCUT2D eigenvalue weighted by atomic mass is 32.1. The molecular weight excluding hydrogens is 288 g/mol. The Morgan fingerprint density at radius 1 is 1.29 bits per heavy atom. The summed E-state index contributed by atoms with van der Waals surface area (Å²) in [7, 11) is 3.53. The number of H-pyrrole nitrogens is 1. The van der Waals surface area contributed by atoms with Gasteiger partial charge in [0.15, 0.2) is 5.84 Å². The molecule has 3 N–H and O–H groups in total. The Morgan fingerprint density at radius 2 is 2.05 bits per heavy atom. The predicted octanol–water partition coefficient (Wildman–Crippen LogP) is 1.28. The van der Waals surface area contributed by atoms with Crippen molar-refractivity contribution < 1.29 is 4.74 Å². The summed E-state index contributed by atoms with van der Waals surface area (Å²) in [6.07, 6.45) is 1.84. The normalized spacial score (nSPS) is 14.0. The van der Waals surface area contributed by atoms with E-state index in [0.29, 0.717) is 11.2 Å². The van der Waals surface area contributed by atoms with E-state index in [0.717, 1.165) is 22.7 Å². The van der Waals surface area contributed by atoms with E-state index in [-0.39, 0.29) is 0 Å². The fourth-order valence-corrected chi connectivity index (χ4v) is 2.31. The van der Waals surface area contributed by atoms with E-state index in [9.17, 15) is 0 Å². The van der Waals surface area contributed by atoms with Crippen LogP contribution in [-0.4, -0.2) is 27.7 Å². The number of ether oxygens (including phenoxy) is 1. The van der Waals surface area contributed by atoms with Crippen LogP contribution in [0, 0.1) is 4.64 Å². The highest BCUT2D eigenvalue weighted by Gasteiger charge is 2.21. The standard InChI is InChI=1S/C13H16N6OS/c1-18-13(21)11(7-14-18)12-15-16-17-19(12)8-9-3-5-10(20-2)6-4-9/h3-7,14,16-17H,8H2,1-2H3. The minimum atomic E-state index is 0.652. The molecule has 110 valence electrons. The zero-order valence-electron chi connectivity index (χ0n) is 11.8. The molecule has 3 rings (SSSR count). The monoisotopic (exact) mass is 304 g/mol. The van der Waals surface area contributed by atoms with Crippen LogP contribution in [0.3, 0.4) is 0 Å². The molecule has 2 heterocycles. The first-order chi connectivity index (χ1) is 10.2. The van der Waals surface area contributed by atoms with Crippen molar-refractivity contribution >= 4 is 18.1 Å². The Hall–Kier alpha value is -2.32. The highest BCUT2D eigenvalue weighted by Crippen LogP contribution is 2.15. The van der Waals surface area contributed by atoms with Crippen molar-refractivity contribution in [2.24, 2.45) is 12.1 Å². The van der Waals surface area contributed by atoms with Crippen LogP contribution in [0.2, 0.25) is 0 Å². The molecule has 0 amide bonds. The summed E-state index contributed by atoms with van der Waals surface area (Å²) >= 11 is 5.37. The molecule has 7 nitrogen and oxygen atoms in total. The lowest BCUT2D eigenvalue weighted by atomic mass is 10.2. The molecule has 2 aromatic rings. The fraction of sp³-hybridized carbons (Fsp3) is 0.231. The molecule has 8 heteroatoms. The average molecular weight is 304 g/mol. The van der Waals surface area contributed by atoms with E-state index in [4.69, 9.17) is 17.0 Å². The first-order valence-corrected chi connectivity index (χ1v) is 6.83. The van der Waals surface area contributed by atoms with E-state index in [2.05, 4.69) is 21.3 Å². The minimum absolute atomic E-state index is 0.652. The van der Waals surface area contributed by atoms with Gasteiger partial charge in [0.2, 0.25) is 0 Å². The van der Waals surface area contributed by atoms with Crippen molar-refractivity contribution in [1.29, 1.82) is 0 Å². The molecule has 1 aliphatic rings. The van der Waals surface area contributed by atoms with Gasteiger partial charge in [-0.1, -0.05) is 24.4 Å². The Morgan fingerprint density at radius 3 is 2.67 bits per heavy atom. The number of hydrazine groups is 2. The van der Waals surface area contributed by atoms with E-state index in [1.807, 2.05) is 42.5 Å². The van der Waals surface area contributed by atoms with E-state index < -0.39 is 0 Å². The van der Waals surface area contributed by atoms with Crippen LogP contribution < -0.4 is 15.8 Å². The van der Waals surface area contributed by atoms with Crippen molar-refractivity contribution in [2.75, 3.05) is 7.11 Å². The summed E-state index contributed by atoms with van der Waals surface area (Å²) in [6.45, 7) is 0.652. The van der Waals surface area contributed by atoms with Crippen LogP contribution in [0.5, 0.6) is 5.75 Å². The Kier molecular flexibility index (Phi) is 3.63. The van der Waals surface area contributed by atoms with Crippen LogP contribution in [0.15, 0.2) is 35.6 Å². The summed E-state index contributed by atoms with van der Waals surface area (Å²) < 4.78 is 7.64. The zero-order chi connectivity index (χ0) is 14.8. The second kappa shape index (κ2) is 5.58. The van der Waals surface area contributed by atoms with Crippen molar-refractivity contribution in [3.8, 4) is 5.75 Å². The number of methoxy groups -OCH3 is 1. The summed E-state index contributed by atoms with van der Waals surface area (Å²) in [6, 6.07) is 7.90. The summed E-state index contributed by atoms with van der Waals surface area (Å²) in [5.74, 6) is 1.60. The number of nitrogens with zero attached hydrogens (tertiary/aromatic N) is 3. The molecule has 0 atom stereocenters. The van der Waals surface area contributed by atoms with Crippen LogP contribution in [0.25, 0.3) is 0 Å². The number of aromatic nitrogens is 2. The van der Waals surface area contributed by atoms with Gasteiger partial charge < -0.3 is 9.84 Å². The molecule has 0 bridgehead atoms. The number of nitrogens with one attached hydrogen (secondary N) is 3. The lowest BCUT2D eigenvalue weighted by Crippen LogP contribution is -2.40. The average Bonchev–Trinajstić information content (AvgIpc) is 3.08. The lowest BCUT2D eigenvalue weighted by molar-refractivity contribution is 0.288. The van der Waals surface area contributed by atoms with E-state index >= 15 is 0 Å². The molecule has 21 heavy (non-hydrogen) atoms. The SMILES string of the molecule is COc1ccc(CN2NNN=C2c2c[nH]n(C)c2=S)cc1. The maximum Gasteiger partial charge on any atom is 0.177 e. The maximum atomic E-state index is 5.37. The van der Waals surface area contributed by atoms with Gasteiger partial charge in [-0.15, -0.1) is 10.6 Å².